The van der Waals surface area contributed by atoms with Gasteiger partial charge in [-0.25, -0.2) is 13.1 Å². The molecule has 0 atom stereocenters. The summed E-state index contributed by atoms with van der Waals surface area (Å²) >= 11 is 1.25. The number of nitrogens with one attached hydrogen (secondary N) is 1. The van der Waals surface area contributed by atoms with E-state index in [0.717, 1.165) is 0 Å². The first-order chi connectivity index (χ1) is 9.38. The average molecular weight is 313 g/mol. The van der Waals surface area contributed by atoms with Crippen molar-refractivity contribution in [2.24, 2.45) is 5.92 Å². The Kier molecular flexibility index (Phi) is 4.24. The van der Waals surface area contributed by atoms with Crippen molar-refractivity contribution in [3.63, 3.8) is 0 Å². The molecule has 0 fully saturated rings. The second kappa shape index (κ2) is 5.76. The summed E-state index contributed by atoms with van der Waals surface area (Å²) in [6, 6.07) is 1.45. The van der Waals surface area contributed by atoms with Gasteiger partial charge in [-0.15, -0.1) is 0 Å². The molecule has 20 heavy (non-hydrogen) atoms. The van der Waals surface area contributed by atoms with Gasteiger partial charge in [-0.1, -0.05) is 13.8 Å². The molecule has 0 aromatic carbocycles. The Labute approximate surface area is 121 Å². The van der Waals surface area contributed by atoms with Gasteiger partial charge in [-0.05, 0) is 17.4 Å². The Morgan fingerprint density at radius 1 is 1.50 bits per heavy atom. The summed E-state index contributed by atoms with van der Waals surface area (Å²) in [4.78, 5) is 12.0. The highest BCUT2D eigenvalue weighted by atomic mass is 32.2. The quantitative estimate of drug-likeness (QED) is 0.911. The number of nitrogens with zero attached hydrogens (tertiary/aromatic N) is 2. The summed E-state index contributed by atoms with van der Waals surface area (Å²) in [7, 11) is -3.80. The fourth-order valence-electron chi connectivity index (χ4n) is 1.60. The lowest BCUT2D eigenvalue weighted by molar-refractivity contribution is 0.0981. The van der Waals surface area contributed by atoms with Crippen LogP contribution in [0.1, 0.15) is 24.2 Å². The number of thiophene rings is 1. The molecule has 0 aliphatic rings. The third kappa shape index (κ3) is 3.45. The predicted octanol–water partition coefficient (Wildman–Crippen LogP) is 1.72. The first-order valence-corrected chi connectivity index (χ1v) is 8.43. The maximum absolute atomic E-state index is 11.9. The lowest BCUT2D eigenvalue weighted by Gasteiger charge is -2.04. The maximum atomic E-state index is 11.9. The maximum Gasteiger partial charge on any atom is 0.268 e. The predicted molar refractivity (Wildman–Crippen MR) is 76.0 cm³/mol. The highest BCUT2D eigenvalue weighted by Gasteiger charge is 2.20. The monoisotopic (exact) mass is 313 g/mol. The summed E-state index contributed by atoms with van der Waals surface area (Å²) in [6.45, 7) is 4.73. The van der Waals surface area contributed by atoms with Crippen molar-refractivity contribution in [1.29, 1.82) is 0 Å². The molecular formula is C12H15N3O3S2. The van der Waals surface area contributed by atoms with Crippen LogP contribution in [0, 0.1) is 5.92 Å². The van der Waals surface area contributed by atoms with Crippen LogP contribution in [0.2, 0.25) is 0 Å². The second-order valence-corrected chi connectivity index (χ2v) is 7.20. The lowest BCUT2D eigenvalue weighted by Crippen LogP contribution is -2.30. The molecule has 0 unspecified atom stereocenters. The third-order valence-electron chi connectivity index (χ3n) is 2.48. The van der Waals surface area contributed by atoms with E-state index in [1.165, 1.54) is 29.0 Å². The number of carbonyl (C=O) groups is 1. The van der Waals surface area contributed by atoms with Crippen LogP contribution < -0.4 is 4.72 Å². The summed E-state index contributed by atoms with van der Waals surface area (Å²) in [5, 5.41) is 7.14. The Hall–Kier alpha value is -1.67. The van der Waals surface area contributed by atoms with E-state index in [-0.39, 0.29) is 10.5 Å². The fraction of sp³-hybridized carbons (Fsp3) is 0.333. The first-order valence-electron chi connectivity index (χ1n) is 6.00. The molecule has 2 aromatic heterocycles. The van der Waals surface area contributed by atoms with Gasteiger partial charge in [0.15, 0.2) is 0 Å². The van der Waals surface area contributed by atoms with Crippen LogP contribution in [-0.4, -0.2) is 24.1 Å². The van der Waals surface area contributed by atoms with Crippen LogP contribution in [0.15, 0.2) is 34.1 Å². The van der Waals surface area contributed by atoms with Crippen LogP contribution in [0.3, 0.4) is 0 Å². The van der Waals surface area contributed by atoms with Crippen molar-refractivity contribution >= 4 is 27.3 Å². The molecule has 6 nitrogen and oxygen atoms in total. The van der Waals surface area contributed by atoms with Crippen molar-refractivity contribution in [2.75, 3.05) is 0 Å². The van der Waals surface area contributed by atoms with Crippen molar-refractivity contribution in [1.82, 2.24) is 14.5 Å². The molecular weight excluding hydrogens is 298 g/mol. The molecule has 0 aliphatic carbocycles. The Balaban J connectivity index is 2.11. The molecule has 2 heterocycles. The Bertz CT molecular complexity index is 687. The molecule has 0 saturated carbocycles. The molecule has 1 amide bonds. The number of amides is 1. The van der Waals surface area contributed by atoms with Gasteiger partial charge in [-0.2, -0.15) is 16.4 Å². The van der Waals surface area contributed by atoms with Crippen molar-refractivity contribution in [2.45, 2.75) is 25.3 Å². The van der Waals surface area contributed by atoms with Gasteiger partial charge in [0.2, 0.25) is 0 Å². The normalized spacial score (nSPS) is 11.8. The molecule has 8 heteroatoms. The number of hydrogen-bond acceptors (Lipinski definition) is 5. The third-order valence-corrected chi connectivity index (χ3v) is 4.64. The highest BCUT2D eigenvalue weighted by Crippen LogP contribution is 2.13. The minimum atomic E-state index is -3.80. The van der Waals surface area contributed by atoms with Gasteiger partial charge < -0.3 is 0 Å². The topological polar surface area (TPSA) is 81.1 Å². The SMILES string of the molecule is CC(C)Cn1cc(C(=O)NS(=O)(=O)c2ccsc2)cn1. The number of aromatic nitrogens is 2. The van der Waals surface area contributed by atoms with E-state index in [4.69, 9.17) is 0 Å². The summed E-state index contributed by atoms with van der Waals surface area (Å²) in [5.41, 5.74) is 0.226. The van der Waals surface area contributed by atoms with Gasteiger partial charge >= 0.3 is 0 Å². The van der Waals surface area contributed by atoms with E-state index in [0.29, 0.717) is 12.5 Å². The van der Waals surface area contributed by atoms with Gasteiger partial charge in [0.05, 0.1) is 16.7 Å². The largest absolute Gasteiger partial charge is 0.272 e. The number of carbonyl (C=O) groups excluding carboxylic acids is 1. The zero-order chi connectivity index (χ0) is 14.8. The number of sulfonamides is 1. The molecule has 0 aliphatic heterocycles. The molecule has 1 N–H and O–H groups in total. The van der Waals surface area contributed by atoms with Crippen LogP contribution in [0.25, 0.3) is 0 Å². The Morgan fingerprint density at radius 2 is 2.25 bits per heavy atom. The average Bonchev–Trinajstić information content (AvgIpc) is 2.97. The fourth-order valence-corrected chi connectivity index (χ4v) is 3.60. The summed E-state index contributed by atoms with van der Waals surface area (Å²) < 4.78 is 27.5. The Morgan fingerprint density at radius 3 is 2.85 bits per heavy atom. The van der Waals surface area contributed by atoms with Crippen LogP contribution >= 0.6 is 11.3 Å². The van der Waals surface area contributed by atoms with Crippen molar-refractivity contribution in [3.05, 3.63) is 34.8 Å². The molecule has 2 rings (SSSR count). The van der Waals surface area contributed by atoms with Crippen LogP contribution in [0.5, 0.6) is 0 Å². The van der Waals surface area contributed by atoms with Gasteiger partial charge in [0.1, 0.15) is 0 Å². The summed E-state index contributed by atoms with van der Waals surface area (Å²) in [5.74, 6) is -0.286. The van der Waals surface area contributed by atoms with Crippen LogP contribution in [0.4, 0.5) is 0 Å². The van der Waals surface area contributed by atoms with Crippen LogP contribution in [-0.2, 0) is 16.6 Å². The molecule has 0 radical (unpaired) electrons. The molecule has 2 aromatic rings. The molecule has 108 valence electrons. The van der Waals surface area contributed by atoms with E-state index in [2.05, 4.69) is 5.10 Å². The molecule has 0 bridgehead atoms. The van der Waals surface area contributed by atoms with E-state index in [1.807, 2.05) is 18.6 Å². The molecule has 0 saturated heterocycles. The molecule has 0 spiro atoms. The van der Waals surface area contributed by atoms with E-state index in [9.17, 15) is 13.2 Å². The number of hydrogen-bond donors (Lipinski definition) is 1. The minimum Gasteiger partial charge on any atom is -0.272 e. The lowest BCUT2D eigenvalue weighted by atomic mass is 10.2. The van der Waals surface area contributed by atoms with E-state index >= 15 is 0 Å². The second-order valence-electron chi connectivity index (χ2n) is 4.74. The zero-order valence-corrected chi connectivity index (χ0v) is 12.7. The van der Waals surface area contributed by atoms with E-state index in [1.54, 1.807) is 16.3 Å². The minimum absolute atomic E-state index is 0.0884. The standard InChI is InChI=1S/C12H15N3O3S2/c1-9(2)6-15-7-10(5-13-15)12(16)14-20(17,18)11-3-4-19-8-11/h3-5,7-9H,6H2,1-2H3,(H,14,16). The van der Waals surface area contributed by atoms with Gasteiger partial charge in [0.25, 0.3) is 15.9 Å². The van der Waals surface area contributed by atoms with Gasteiger partial charge in [0, 0.05) is 18.1 Å². The summed E-state index contributed by atoms with van der Waals surface area (Å²) in [6.07, 6.45) is 2.90. The van der Waals surface area contributed by atoms with Gasteiger partial charge in [-0.3, -0.25) is 9.48 Å². The first kappa shape index (κ1) is 14.7. The number of rotatable bonds is 5. The van der Waals surface area contributed by atoms with E-state index < -0.39 is 15.9 Å². The highest BCUT2D eigenvalue weighted by molar-refractivity contribution is 7.90. The van der Waals surface area contributed by atoms with Crippen molar-refractivity contribution < 1.29 is 13.2 Å². The smallest absolute Gasteiger partial charge is 0.268 e. The zero-order valence-electron chi connectivity index (χ0n) is 11.1. The van der Waals surface area contributed by atoms with Crippen molar-refractivity contribution in [3.8, 4) is 0 Å².